The largest absolute Gasteiger partial charge is 0.351 e. The minimum atomic E-state index is -0.264. The van der Waals surface area contributed by atoms with E-state index in [1.165, 1.54) is 21.8 Å². The first-order valence-corrected chi connectivity index (χ1v) is 10.5. The maximum Gasteiger partial charge on any atom is 0.237 e. The molecule has 2 aromatic carbocycles. The molecule has 1 aliphatic heterocycles. The van der Waals surface area contributed by atoms with Crippen molar-refractivity contribution >= 4 is 27.5 Å². The van der Waals surface area contributed by atoms with E-state index in [0.717, 1.165) is 37.0 Å². The van der Waals surface area contributed by atoms with Crippen molar-refractivity contribution in [3.05, 3.63) is 64.9 Å². The fourth-order valence-electron chi connectivity index (χ4n) is 3.70. The van der Waals surface area contributed by atoms with Gasteiger partial charge in [-0.25, -0.2) is 9.37 Å². The molecule has 4 rings (SSSR count). The monoisotopic (exact) mass is 397 g/mol. The molecule has 1 aliphatic rings. The van der Waals surface area contributed by atoms with Gasteiger partial charge in [-0.05, 0) is 62.7 Å². The SMILES string of the molecule is C[C@@H](C(=O)NCc1ccc(F)cc1)N1CCC(c2nc3ccccc3s2)CC1. The molecule has 146 valence electrons. The average molecular weight is 398 g/mol. The summed E-state index contributed by atoms with van der Waals surface area (Å²) in [5, 5.41) is 4.18. The van der Waals surface area contributed by atoms with Gasteiger partial charge >= 0.3 is 0 Å². The lowest BCUT2D eigenvalue weighted by Gasteiger charge is -2.34. The first kappa shape index (κ1) is 19.0. The number of benzene rings is 2. The van der Waals surface area contributed by atoms with Gasteiger partial charge in [0.05, 0.1) is 21.3 Å². The molecular weight excluding hydrogens is 373 g/mol. The zero-order valence-corrected chi connectivity index (χ0v) is 16.7. The van der Waals surface area contributed by atoms with Crippen molar-refractivity contribution in [2.45, 2.75) is 38.3 Å². The number of carbonyl (C=O) groups is 1. The summed E-state index contributed by atoms with van der Waals surface area (Å²) in [6, 6.07) is 14.3. The lowest BCUT2D eigenvalue weighted by atomic mass is 9.96. The van der Waals surface area contributed by atoms with Crippen LogP contribution in [0.3, 0.4) is 0 Å². The highest BCUT2D eigenvalue weighted by Gasteiger charge is 2.28. The number of nitrogens with one attached hydrogen (secondary N) is 1. The Morgan fingerprint density at radius 2 is 1.93 bits per heavy atom. The van der Waals surface area contributed by atoms with Gasteiger partial charge in [-0.2, -0.15) is 0 Å². The molecule has 1 fully saturated rings. The molecule has 0 spiro atoms. The number of thiazole rings is 1. The van der Waals surface area contributed by atoms with Crippen LogP contribution < -0.4 is 5.32 Å². The first-order valence-electron chi connectivity index (χ1n) is 9.72. The van der Waals surface area contributed by atoms with Gasteiger partial charge in [0.15, 0.2) is 0 Å². The highest BCUT2D eigenvalue weighted by molar-refractivity contribution is 7.18. The minimum absolute atomic E-state index is 0.0164. The average Bonchev–Trinajstić information content (AvgIpc) is 3.17. The number of carbonyl (C=O) groups excluding carboxylic acids is 1. The van der Waals surface area contributed by atoms with Gasteiger partial charge in [0.2, 0.25) is 5.91 Å². The molecule has 28 heavy (non-hydrogen) atoms. The standard InChI is InChI=1S/C22H24FN3OS/c1-15(21(27)24-14-16-6-8-18(23)9-7-16)26-12-10-17(11-13-26)22-25-19-4-2-3-5-20(19)28-22/h2-9,15,17H,10-14H2,1H3,(H,24,27)/t15-/m0/s1. The van der Waals surface area contributed by atoms with Crippen LogP contribution in [-0.2, 0) is 11.3 Å². The number of halogens is 1. The van der Waals surface area contributed by atoms with Gasteiger partial charge in [0.25, 0.3) is 0 Å². The van der Waals surface area contributed by atoms with Crippen LogP contribution >= 0.6 is 11.3 Å². The number of aromatic nitrogens is 1. The van der Waals surface area contributed by atoms with Crippen LogP contribution in [0.1, 0.15) is 36.3 Å². The van der Waals surface area contributed by atoms with E-state index in [1.54, 1.807) is 23.5 Å². The van der Waals surface area contributed by atoms with Crippen LogP contribution in [0.5, 0.6) is 0 Å². The fourth-order valence-corrected chi connectivity index (χ4v) is 4.84. The van der Waals surface area contributed by atoms with E-state index in [2.05, 4.69) is 28.4 Å². The Bertz CT molecular complexity index is 915. The molecule has 0 aliphatic carbocycles. The van der Waals surface area contributed by atoms with Crippen LogP contribution in [0, 0.1) is 5.82 Å². The first-order chi connectivity index (χ1) is 13.6. The summed E-state index contributed by atoms with van der Waals surface area (Å²) in [5.74, 6) is 0.227. The number of hydrogen-bond donors (Lipinski definition) is 1. The molecule has 0 bridgehead atoms. The molecular formula is C22H24FN3OS. The number of para-hydroxylation sites is 1. The molecule has 4 nitrogen and oxygen atoms in total. The van der Waals surface area contributed by atoms with Crippen LogP contribution in [0.4, 0.5) is 4.39 Å². The van der Waals surface area contributed by atoms with E-state index >= 15 is 0 Å². The molecule has 3 aromatic rings. The quantitative estimate of drug-likeness (QED) is 0.697. The Morgan fingerprint density at radius 1 is 1.21 bits per heavy atom. The Balaban J connectivity index is 1.29. The van der Waals surface area contributed by atoms with Crippen LogP contribution in [-0.4, -0.2) is 34.9 Å². The molecule has 6 heteroatoms. The summed E-state index contributed by atoms with van der Waals surface area (Å²) in [5.41, 5.74) is 1.98. The van der Waals surface area contributed by atoms with Gasteiger partial charge in [-0.3, -0.25) is 9.69 Å². The van der Waals surface area contributed by atoms with Crippen molar-refractivity contribution in [3.63, 3.8) is 0 Å². The highest BCUT2D eigenvalue weighted by Crippen LogP contribution is 2.34. The number of nitrogens with zero attached hydrogens (tertiary/aromatic N) is 2. The summed E-state index contributed by atoms with van der Waals surface area (Å²) < 4.78 is 14.2. The van der Waals surface area contributed by atoms with Gasteiger partial charge in [-0.1, -0.05) is 24.3 Å². The van der Waals surface area contributed by atoms with Gasteiger partial charge in [0, 0.05) is 12.5 Å². The molecule has 0 unspecified atom stereocenters. The number of fused-ring (bicyclic) bond motifs is 1. The molecule has 1 amide bonds. The summed E-state index contributed by atoms with van der Waals surface area (Å²) in [6.07, 6.45) is 2.05. The van der Waals surface area contributed by atoms with E-state index in [1.807, 2.05) is 13.0 Å². The lowest BCUT2D eigenvalue weighted by Crippen LogP contribution is -2.47. The van der Waals surface area contributed by atoms with Crippen molar-refractivity contribution in [1.82, 2.24) is 15.2 Å². The third kappa shape index (κ3) is 4.23. The summed E-state index contributed by atoms with van der Waals surface area (Å²) in [7, 11) is 0. The molecule has 2 heterocycles. The third-order valence-electron chi connectivity index (χ3n) is 5.50. The van der Waals surface area contributed by atoms with Crippen LogP contribution in [0.25, 0.3) is 10.2 Å². The third-order valence-corrected chi connectivity index (χ3v) is 6.70. The molecule has 0 radical (unpaired) electrons. The maximum atomic E-state index is 13.0. The van der Waals surface area contributed by atoms with Gasteiger partial charge in [0.1, 0.15) is 5.82 Å². The number of amides is 1. The number of likely N-dealkylation sites (tertiary alicyclic amines) is 1. The molecule has 1 aromatic heterocycles. The Kier molecular flexibility index (Phi) is 5.69. The second-order valence-electron chi connectivity index (χ2n) is 7.35. The molecule has 1 atom stereocenters. The van der Waals surface area contributed by atoms with E-state index in [0.29, 0.717) is 12.5 Å². The fraction of sp³-hybridized carbons (Fsp3) is 0.364. The van der Waals surface area contributed by atoms with E-state index < -0.39 is 0 Å². The number of hydrogen-bond acceptors (Lipinski definition) is 4. The smallest absolute Gasteiger partial charge is 0.237 e. The van der Waals surface area contributed by atoms with E-state index in [9.17, 15) is 9.18 Å². The topological polar surface area (TPSA) is 45.2 Å². The second-order valence-corrected chi connectivity index (χ2v) is 8.41. The number of piperidine rings is 1. The maximum absolute atomic E-state index is 13.0. The van der Waals surface area contributed by atoms with Crippen LogP contribution in [0.2, 0.25) is 0 Å². The van der Waals surface area contributed by atoms with Crippen molar-refractivity contribution < 1.29 is 9.18 Å². The summed E-state index contributed by atoms with van der Waals surface area (Å²) in [4.78, 5) is 19.6. The van der Waals surface area contributed by atoms with E-state index in [-0.39, 0.29) is 17.8 Å². The van der Waals surface area contributed by atoms with Gasteiger partial charge in [-0.15, -0.1) is 11.3 Å². The predicted octanol–water partition coefficient (Wildman–Crippen LogP) is 4.32. The molecule has 1 saturated heterocycles. The second kappa shape index (κ2) is 8.37. The molecule has 1 N–H and O–H groups in total. The van der Waals surface area contributed by atoms with Gasteiger partial charge < -0.3 is 5.32 Å². The Labute approximate surface area is 168 Å². The Hall–Kier alpha value is -2.31. The zero-order valence-electron chi connectivity index (χ0n) is 15.9. The Morgan fingerprint density at radius 3 is 2.64 bits per heavy atom. The van der Waals surface area contributed by atoms with Crippen molar-refractivity contribution in [2.24, 2.45) is 0 Å². The lowest BCUT2D eigenvalue weighted by molar-refractivity contribution is -0.126. The zero-order chi connectivity index (χ0) is 19.5. The van der Waals surface area contributed by atoms with Crippen LogP contribution in [0.15, 0.2) is 48.5 Å². The van der Waals surface area contributed by atoms with Crippen molar-refractivity contribution in [1.29, 1.82) is 0 Å². The van der Waals surface area contributed by atoms with Crippen molar-refractivity contribution in [3.8, 4) is 0 Å². The minimum Gasteiger partial charge on any atom is -0.351 e. The van der Waals surface area contributed by atoms with E-state index in [4.69, 9.17) is 4.98 Å². The summed E-state index contributed by atoms with van der Waals surface area (Å²) in [6.45, 7) is 4.17. The summed E-state index contributed by atoms with van der Waals surface area (Å²) >= 11 is 1.79. The highest BCUT2D eigenvalue weighted by atomic mass is 32.1. The normalized spacial score (nSPS) is 16.9. The predicted molar refractivity (Wildman–Crippen MR) is 111 cm³/mol. The molecule has 0 saturated carbocycles. The van der Waals surface area contributed by atoms with Crippen molar-refractivity contribution in [2.75, 3.05) is 13.1 Å². The number of rotatable bonds is 5.